The third-order valence-electron chi connectivity index (χ3n) is 3.75. The molecule has 0 saturated carbocycles. The molecule has 0 N–H and O–H groups in total. The number of benzene rings is 2. The Balaban J connectivity index is 2.40. The minimum absolute atomic E-state index is 0.175. The fourth-order valence-corrected chi connectivity index (χ4v) is 2.48. The molecule has 0 fully saturated rings. The van der Waals surface area contributed by atoms with Gasteiger partial charge in [-0.05, 0) is 49.7 Å². The van der Waals surface area contributed by atoms with Crippen LogP contribution in [0.4, 0.5) is 0 Å². The molecule has 2 rings (SSSR count). The molecule has 2 aromatic rings. The predicted molar refractivity (Wildman–Crippen MR) is 101 cm³/mol. The first-order valence-electron chi connectivity index (χ1n) is 8.69. The summed E-state index contributed by atoms with van der Waals surface area (Å²) in [5.41, 5.74) is 1.82. The van der Waals surface area contributed by atoms with Gasteiger partial charge in [-0.3, -0.25) is 9.59 Å². The molecule has 0 heterocycles. The normalized spacial score (nSPS) is 9.93. The van der Waals surface area contributed by atoms with Gasteiger partial charge in [0.05, 0.1) is 20.3 Å². The molecule has 0 aromatic heterocycles. The minimum atomic E-state index is -1.16. The van der Waals surface area contributed by atoms with Crippen LogP contribution in [-0.2, 0) is 19.1 Å². The molecule has 0 radical (unpaired) electrons. The first-order chi connectivity index (χ1) is 13.1. The lowest BCUT2D eigenvalue weighted by Gasteiger charge is -2.16. The third kappa shape index (κ3) is 5.35. The number of rotatable bonds is 6. The quantitative estimate of drug-likeness (QED) is 0.446. The first-order valence-corrected chi connectivity index (χ1v) is 8.69. The summed E-state index contributed by atoms with van der Waals surface area (Å²) in [6.45, 7) is 3.73. The van der Waals surface area contributed by atoms with Crippen molar-refractivity contribution in [2.24, 2.45) is 0 Å². The van der Waals surface area contributed by atoms with Crippen LogP contribution < -0.4 is 4.74 Å². The van der Waals surface area contributed by atoms with E-state index >= 15 is 0 Å². The van der Waals surface area contributed by atoms with Crippen LogP contribution in [0.15, 0.2) is 48.5 Å². The van der Waals surface area contributed by atoms with Gasteiger partial charge in [-0.2, -0.15) is 0 Å². The zero-order chi connectivity index (χ0) is 19.6. The van der Waals surface area contributed by atoms with Crippen molar-refractivity contribution in [3.8, 4) is 17.6 Å². The van der Waals surface area contributed by atoms with E-state index in [-0.39, 0.29) is 13.2 Å². The topological polar surface area (TPSA) is 61.8 Å². The van der Waals surface area contributed by atoms with Gasteiger partial charge in [0.25, 0.3) is 0 Å². The average Bonchev–Trinajstić information content (AvgIpc) is 2.68. The second-order valence-corrected chi connectivity index (χ2v) is 5.50. The van der Waals surface area contributed by atoms with Crippen LogP contribution >= 0.6 is 0 Å². The molecular formula is C22H22O5. The van der Waals surface area contributed by atoms with Crippen LogP contribution in [-0.4, -0.2) is 32.3 Å². The number of hydrogen-bond acceptors (Lipinski definition) is 5. The summed E-state index contributed by atoms with van der Waals surface area (Å²) in [6, 6.07) is 14.3. The van der Waals surface area contributed by atoms with E-state index in [0.717, 1.165) is 11.3 Å². The molecule has 0 amide bonds. The van der Waals surface area contributed by atoms with Gasteiger partial charge < -0.3 is 14.2 Å². The zero-order valence-corrected chi connectivity index (χ0v) is 15.7. The molecule has 0 aliphatic heterocycles. The molecular weight excluding hydrogens is 344 g/mol. The average molecular weight is 366 g/mol. The van der Waals surface area contributed by atoms with E-state index < -0.39 is 17.9 Å². The summed E-state index contributed by atoms with van der Waals surface area (Å²) in [5.74, 6) is 4.37. The third-order valence-corrected chi connectivity index (χ3v) is 3.75. The Bertz CT molecular complexity index is 825. The molecule has 0 bridgehead atoms. The van der Waals surface area contributed by atoms with E-state index in [1.807, 2.05) is 24.3 Å². The van der Waals surface area contributed by atoms with E-state index in [1.54, 1.807) is 45.2 Å². The van der Waals surface area contributed by atoms with Gasteiger partial charge >= 0.3 is 11.9 Å². The number of esters is 2. The summed E-state index contributed by atoms with van der Waals surface area (Å²) < 4.78 is 15.3. The number of carbonyl (C=O) groups excluding carboxylic acids is 2. The Labute approximate surface area is 159 Å². The Morgan fingerprint density at radius 1 is 0.889 bits per heavy atom. The van der Waals surface area contributed by atoms with Crippen molar-refractivity contribution in [1.29, 1.82) is 0 Å². The van der Waals surface area contributed by atoms with Crippen molar-refractivity contribution in [2.75, 3.05) is 20.3 Å². The summed E-state index contributed by atoms with van der Waals surface area (Å²) >= 11 is 0. The van der Waals surface area contributed by atoms with Crippen LogP contribution in [0.25, 0.3) is 0 Å². The number of hydrogen-bond donors (Lipinski definition) is 0. The predicted octanol–water partition coefficient (Wildman–Crippen LogP) is 3.30. The van der Waals surface area contributed by atoms with Gasteiger partial charge in [-0.15, -0.1) is 0 Å². The lowest BCUT2D eigenvalue weighted by Crippen LogP contribution is -2.26. The number of ether oxygens (including phenoxy) is 3. The molecule has 0 spiro atoms. The molecule has 2 aromatic carbocycles. The highest BCUT2D eigenvalue weighted by Crippen LogP contribution is 2.23. The van der Waals surface area contributed by atoms with Gasteiger partial charge in [-0.25, -0.2) is 0 Å². The highest BCUT2D eigenvalue weighted by molar-refractivity contribution is 6.01. The van der Waals surface area contributed by atoms with Crippen LogP contribution in [0.2, 0.25) is 0 Å². The van der Waals surface area contributed by atoms with Gasteiger partial charge in [-0.1, -0.05) is 30.0 Å². The molecule has 0 saturated heterocycles. The summed E-state index contributed by atoms with van der Waals surface area (Å²) in [7, 11) is 1.60. The van der Waals surface area contributed by atoms with E-state index in [4.69, 9.17) is 14.2 Å². The largest absolute Gasteiger partial charge is 0.497 e. The van der Waals surface area contributed by atoms with Crippen LogP contribution in [0.3, 0.4) is 0 Å². The maximum absolute atomic E-state index is 12.4. The lowest BCUT2D eigenvalue weighted by molar-refractivity contribution is -0.156. The standard InChI is InChI=1S/C22H22O5/c1-4-26-21(23)20(22(24)27-5-2)19-9-7-6-8-17(19)13-10-16-11-14-18(25-3)15-12-16/h6-9,11-12,14-15,20H,4-5H2,1-3H3. The van der Waals surface area contributed by atoms with Crippen LogP contribution in [0.5, 0.6) is 5.75 Å². The smallest absolute Gasteiger partial charge is 0.324 e. The maximum atomic E-state index is 12.4. The van der Waals surface area contributed by atoms with E-state index in [1.165, 1.54) is 0 Å². The second kappa shape index (κ2) is 10.0. The monoisotopic (exact) mass is 366 g/mol. The fraction of sp³-hybridized carbons (Fsp3) is 0.273. The van der Waals surface area contributed by atoms with Crippen molar-refractivity contribution in [2.45, 2.75) is 19.8 Å². The lowest BCUT2D eigenvalue weighted by atomic mass is 9.94. The molecule has 0 atom stereocenters. The summed E-state index contributed by atoms with van der Waals surface area (Å²) in [4.78, 5) is 24.7. The van der Waals surface area contributed by atoms with E-state index in [0.29, 0.717) is 11.1 Å². The second-order valence-electron chi connectivity index (χ2n) is 5.50. The zero-order valence-electron chi connectivity index (χ0n) is 15.7. The van der Waals surface area contributed by atoms with Crippen molar-refractivity contribution >= 4 is 11.9 Å². The van der Waals surface area contributed by atoms with Gasteiger partial charge in [0.1, 0.15) is 5.75 Å². The molecule has 0 aliphatic carbocycles. The Morgan fingerprint density at radius 3 is 2.04 bits per heavy atom. The van der Waals surface area contributed by atoms with Crippen molar-refractivity contribution in [1.82, 2.24) is 0 Å². The Hall–Kier alpha value is -3.26. The molecule has 5 nitrogen and oxygen atoms in total. The SMILES string of the molecule is CCOC(=O)C(C(=O)OCC)c1ccccc1C#Cc1ccc(OC)cc1. The van der Waals surface area contributed by atoms with E-state index in [9.17, 15) is 9.59 Å². The van der Waals surface area contributed by atoms with Crippen molar-refractivity contribution in [3.05, 3.63) is 65.2 Å². The van der Waals surface area contributed by atoms with Crippen molar-refractivity contribution in [3.63, 3.8) is 0 Å². The van der Waals surface area contributed by atoms with Gasteiger partial charge in [0.2, 0.25) is 0 Å². The van der Waals surface area contributed by atoms with Gasteiger partial charge in [0, 0.05) is 11.1 Å². The molecule has 27 heavy (non-hydrogen) atoms. The Morgan fingerprint density at radius 2 is 1.48 bits per heavy atom. The highest BCUT2D eigenvalue weighted by atomic mass is 16.6. The summed E-state index contributed by atoms with van der Waals surface area (Å²) in [5, 5.41) is 0. The molecule has 0 unspecified atom stereocenters. The number of carbonyl (C=O) groups is 2. The minimum Gasteiger partial charge on any atom is -0.497 e. The van der Waals surface area contributed by atoms with Crippen LogP contribution in [0, 0.1) is 11.8 Å². The number of methoxy groups -OCH3 is 1. The summed E-state index contributed by atoms with van der Waals surface area (Å²) in [6.07, 6.45) is 0. The van der Waals surface area contributed by atoms with Crippen molar-refractivity contribution < 1.29 is 23.8 Å². The Kier molecular flexibility index (Phi) is 7.45. The van der Waals surface area contributed by atoms with E-state index in [2.05, 4.69) is 11.8 Å². The van der Waals surface area contributed by atoms with Gasteiger partial charge in [0.15, 0.2) is 5.92 Å². The fourth-order valence-electron chi connectivity index (χ4n) is 2.48. The maximum Gasteiger partial charge on any atom is 0.324 e. The molecule has 5 heteroatoms. The highest BCUT2D eigenvalue weighted by Gasteiger charge is 2.32. The molecule has 0 aliphatic rings. The molecule has 140 valence electrons. The van der Waals surface area contributed by atoms with Crippen LogP contribution in [0.1, 0.15) is 36.5 Å². The first kappa shape index (κ1) is 20.1.